The lowest BCUT2D eigenvalue weighted by atomic mass is 10.1. The van der Waals surface area contributed by atoms with E-state index in [4.69, 9.17) is 9.47 Å². The van der Waals surface area contributed by atoms with E-state index in [0.717, 1.165) is 5.56 Å². The van der Waals surface area contributed by atoms with Crippen molar-refractivity contribution < 1.29 is 27.8 Å². The molecule has 0 fully saturated rings. The van der Waals surface area contributed by atoms with Crippen LogP contribution in [0.25, 0.3) is 6.08 Å². The Bertz CT molecular complexity index is 906. The minimum absolute atomic E-state index is 0.00460. The van der Waals surface area contributed by atoms with Crippen LogP contribution >= 0.6 is 0 Å². The van der Waals surface area contributed by atoms with Crippen molar-refractivity contribution in [3.8, 4) is 23.3 Å². The molecule has 0 aliphatic heterocycles. The minimum atomic E-state index is -2.91. The average molecular weight is 402 g/mol. The van der Waals surface area contributed by atoms with E-state index in [1.807, 2.05) is 18.2 Å². The molecule has 0 aliphatic carbocycles. The first-order valence-corrected chi connectivity index (χ1v) is 8.62. The van der Waals surface area contributed by atoms with Crippen LogP contribution in [0.15, 0.2) is 48.0 Å². The predicted octanol–water partition coefficient (Wildman–Crippen LogP) is 3.57. The lowest BCUT2D eigenvalue weighted by molar-refractivity contribution is -0.117. The van der Waals surface area contributed by atoms with E-state index in [1.54, 1.807) is 20.3 Å². The van der Waals surface area contributed by atoms with E-state index in [9.17, 15) is 18.8 Å². The van der Waals surface area contributed by atoms with Crippen molar-refractivity contribution in [1.29, 1.82) is 5.26 Å². The molecular formula is C21H20F2N2O4. The van der Waals surface area contributed by atoms with E-state index in [1.165, 1.54) is 30.3 Å². The Morgan fingerprint density at radius 1 is 1.14 bits per heavy atom. The van der Waals surface area contributed by atoms with E-state index < -0.39 is 12.5 Å². The molecule has 1 amide bonds. The number of alkyl halides is 2. The maximum Gasteiger partial charge on any atom is 0.387 e. The van der Waals surface area contributed by atoms with Gasteiger partial charge in [-0.3, -0.25) is 4.79 Å². The number of ether oxygens (including phenoxy) is 3. The number of methoxy groups -OCH3 is 2. The number of hydrogen-bond donors (Lipinski definition) is 1. The molecule has 0 atom stereocenters. The van der Waals surface area contributed by atoms with E-state index in [2.05, 4.69) is 10.1 Å². The number of benzene rings is 2. The fourth-order valence-corrected chi connectivity index (χ4v) is 2.51. The maximum absolute atomic E-state index is 12.2. The van der Waals surface area contributed by atoms with Gasteiger partial charge < -0.3 is 19.5 Å². The molecule has 0 saturated heterocycles. The van der Waals surface area contributed by atoms with Crippen LogP contribution < -0.4 is 19.5 Å². The second-order valence-corrected chi connectivity index (χ2v) is 5.81. The van der Waals surface area contributed by atoms with Crippen molar-refractivity contribution in [2.45, 2.75) is 13.0 Å². The van der Waals surface area contributed by atoms with E-state index in [0.29, 0.717) is 30.0 Å². The quantitative estimate of drug-likeness (QED) is 0.512. The molecule has 1 N–H and O–H groups in total. The molecule has 0 aromatic heterocycles. The number of hydrogen-bond acceptors (Lipinski definition) is 5. The molecule has 0 heterocycles. The summed E-state index contributed by atoms with van der Waals surface area (Å²) in [6.07, 6.45) is 1.91. The van der Waals surface area contributed by atoms with Gasteiger partial charge >= 0.3 is 6.61 Å². The van der Waals surface area contributed by atoms with Crippen molar-refractivity contribution in [3.63, 3.8) is 0 Å². The Morgan fingerprint density at radius 2 is 1.83 bits per heavy atom. The number of nitriles is 1. The average Bonchev–Trinajstić information content (AvgIpc) is 2.72. The highest BCUT2D eigenvalue weighted by Gasteiger charge is 2.10. The predicted molar refractivity (Wildman–Crippen MR) is 103 cm³/mol. The second kappa shape index (κ2) is 10.7. The van der Waals surface area contributed by atoms with Crippen LogP contribution in [0.5, 0.6) is 17.2 Å². The highest BCUT2D eigenvalue weighted by molar-refractivity contribution is 6.01. The topological polar surface area (TPSA) is 80.6 Å². The third-order valence-electron chi connectivity index (χ3n) is 3.93. The van der Waals surface area contributed by atoms with Crippen LogP contribution in [-0.4, -0.2) is 33.3 Å². The minimum Gasteiger partial charge on any atom is -0.493 e. The summed E-state index contributed by atoms with van der Waals surface area (Å²) < 4.78 is 39.0. The van der Waals surface area contributed by atoms with Gasteiger partial charge in [0.05, 0.1) is 14.2 Å². The summed E-state index contributed by atoms with van der Waals surface area (Å²) in [5.74, 6) is 0.670. The summed E-state index contributed by atoms with van der Waals surface area (Å²) in [5.41, 5.74) is 1.35. The third kappa shape index (κ3) is 6.50. The number of nitrogens with one attached hydrogen (secondary N) is 1. The molecule has 2 aromatic rings. The molecule has 2 aromatic carbocycles. The lowest BCUT2D eigenvalue weighted by Gasteiger charge is -2.10. The molecule has 152 valence electrons. The number of halogens is 2. The lowest BCUT2D eigenvalue weighted by Crippen LogP contribution is -2.26. The zero-order chi connectivity index (χ0) is 21.2. The maximum atomic E-state index is 12.2. The van der Waals surface area contributed by atoms with Crippen LogP contribution in [0, 0.1) is 11.3 Å². The Labute approximate surface area is 167 Å². The highest BCUT2D eigenvalue weighted by Crippen LogP contribution is 2.27. The van der Waals surface area contributed by atoms with Crippen molar-refractivity contribution in [3.05, 3.63) is 59.2 Å². The van der Waals surface area contributed by atoms with Crippen LogP contribution in [0.4, 0.5) is 8.78 Å². The van der Waals surface area contributed by atoms with Crippen LogP contribution in [0.2, 0.25) is 0 Å². The first-order valence-electron chi connectivity index (χ1n) is 8.62. The van der Waals surface area contributed by atoms with Crippen LogP contribution in [0.1, 0.15) is 11.1 Å². The van der Waals surface area contributed by atoms with Crippen molar-refractivity contribution in [2.75, 3.05) is 20.8 Å². The van der Waals surface area contributed by atoms with Gasteiger partial charge in [0.15, 0.2) is 11.5 Å². The molecule has 0 unspecified atom stereocenters. The molecule has 0 spiro atoms. The van der Waals surface area contributed by atoms with Crippen molar-refractivity contribution in [2.24, 2.45) is 0 Å². The van der Waals surface area contributed by atoms with E-state index >= 15 is 0 Å². The van der Waals surface area contributed by atoms with Gasteiger partial charge in [-0.05, 0) is 47.9 Å². The first-order chi connectivity index (χ1) is 14.0. The molecule has 0 bridgehead atoms. The van der Waals surface area contributed by atoms with Gasteiger partial charge in [-0.2, -0.15) is 14.0 Å². The largest absolute Gasteiger partial charge is 0.493 e. The summed E-state index contributed by atoms with van der Waals surface area (Å²) >= 11 is 0. The van der Waals surface area contributed by atoms with Gasteiger partial charge in [0.1, 0.15) is 17.4 Å². The van der Waals surface area contributed by atoms with Crippen molar-refractivity contribution >= 4 is 12.0 Å². The van der Waals surface area contributed by atoms with Gasteiger partial charge in [-0.25, -0.2) is 0 Å². The molecular weight excluding hydrogens is 382 g/mol. The fourth-order valence-electron chi connectivity index (χ4n) is 2.51. The van der Waals surface area contributed by atoms with Gasteiger partial charge in [0, 0.05) is 6.54 Å². The highest BCUT2D eigenvalue weighted by atomic mass is 19.3. The summed E-state index contributed by atoms with van der Waals surface area (Å²) in [5, 5.41) is 11.9. The number of carbonyl (C=O) groups is 1. The molecule has 0 aliphatic rings. The van der Waals surface area contributed by atoms with Crippen molar-refractivity contribution in [1.82, 2.24) is 5.32 Å². The zero-order valence-electron chi connectivity index (χ0n) is 15.9. The Hall–Kier alpha value is -3.60. The van der Waals surface area contributed by atoms with Gasteiger partial charge in [-0.15, -0.1) is 0 Å². The second-order valence-electron chi connectivity index (χ2n) is 5.81. The van der Waals surface area contributed by atoms with Gasteiger partial charge in [0.2, 0.25) is 0 Å². The summed E-state index contributed by atoms with van der Waals surface area (Å²) in [6, 6.07) is 12.9. The zero-order valence-corrected chi connectivity index (χ0v) is 15.9. The smallest absolute Gasteiger partial charge is 0.387 e. The number of nitrogens with zero attached hydrogens (tertiary/aromatic N) is 1. The fraction of sp³-hybridized carbons (Fsp3) is 0.238. The number of amides is 1. The summed E-state index contributed by atoms with van der Waals surface area (Å²) in [4.78, 5) is 12.2. The molecule has 29 heavy (non-hydrogen) atoms. The normalized spacial score (nSPS) is 11.0. The first kappa shape index (κ1) is 21.7. The molecule has 8 heteroatoms. The van der Waals surface area contributed by atoms with Crippen LogP contribution in [0.3, 0.4) is 0 Å². The Balaban J connectivity index is 1.96. The number of rotatable bonds is 9. The molecule has 0 radical (unpaired) electrons. The van der Waals surface area contributed by atoms with Gasteiger partial charge in [-0.1, -0.05) is 18.2 Å². The molecule has 2 rings (SSSR count). The van der Waals surface area contributed by atoms with Crippen LogP contribution in [-0.2, 0) is 11.2 Å². The number of carbonyl (C=O) groups excluding carboxylic acids is 1. The molecule has 0 saturated carbocycles. The Morgan fingerprint density at radius 3 is 2.41 bits per heavy atom. The van der Waals surface area contributed by atoms with E-state index in [-0.39, 0.29) is 11.3 Å². The van der Waals surface area contributed by atoms with Gasteiger partial charge in [0.25, 0.3) is 5.91 Å². The SMILES string of the molecule is COc1ccc(CCNC(=O)C(C#N)=Cc2ccc(OC(F)F)cc2)cc1OC. The summed E-state index contributed by atoms with van der Waals surface area (Å²) in [6.45, 7) is -2.60. The standard InChI is InChI=1S/C21H20F2N2O4/c1-27-18-8-5-15(12-19(18)28-2)9-10-25-20(26)16(13-24)11-14-3-6-17(7-4-14)29-21(22)23/h3-8,11-12,21H,9-10H2,1-2H3,(H,25,26). The third-order valence-corrected chi connectivity index (χ3v) is 3.93. The monoisotopic (exact) mass is 402 g/mol. The Kier molecular flexibility index (Phi) is 7.98. The molecule has 6 nitrogen and oxygen atoms in total. The summed E-state index contributed by atoms with van der Waals surface area (Å²) in [7, 11) is 3.09.